The molecular formula is C25H37NO3. The summed E-state index contributed by atoms with van der Waals surface area (Å²) in [6.07, 6.45) is 10.5. The predicted octanol–water partition coefficient (Wildman–Crippen LogP) is 3.70. The first-order valence-corrected chi connectivity index (χ1v) is 11.6. The quantitative estimate of drug-likeness (QED) is 0.740. The number of aliphatic hydroxyl groups excluding tert-OH is 1. The maximum atomic E-state index is 13.1. The van der Waals surface area contributed by atoms with Gasteiger partial charge < -0.3 is 10.4 Å². The predicted molar refractivity (Wildman–Crippen MR) is 114 cm³/mol. The van der Waals surface area contributed by atoms with Crippen molar-refractivity contribution in [1.29, 1.82) is 0 Å². The highest BCUT2D eigenvalue weighted by molar-refractivity contribution is 6.01. The van der Waals surface area contributed by atoms with Crippen molar-refractivity contribution in [3.8, 4) is 0 Å². The van der Waals surface area contributed by atoms with E-state index in [9.17, 15) is 14.7 Å². The van der Waals surface area contributed by atoms with Crippen LogP contribution < -0.4 is 5.32 Å². The van der Waals surface area contributed by atoms with E-state index in [2.05, 4.69) is 25.2 Å². The van der Waals surface area contributed by atoms with E-state index >= 15 is 0 Å². The minimum absolute atomic E-state index is 0.0645. The molecule has 0 aromatic heterocycles. The highest BCUT2D eigenvalue weighted by Crippen LogP contribution is 2.67. The summed E-state index contributed by atoms with van der Waals surface area (Å²) in [5.41, 5.74) is 0.850. The molecule has 8 atom stereocenters. The van der Waals surface area contributed by atoms with Gasteiger partial charge in [0.1, 0.15) is 5.78 Å². The average Bonchev–Trinajstić information content (AvgIpc) is 2.97. The van der Waals surface area contributed by atoms with Gasteiger partial charge >= 0.3 is 0 Å². The molecule has 0 radical (unpaired) electrons. The van der Waals surface area contributed by atoms with Crippen LogP contribution in [0.2, 0.25) is 0 Å². The summed E-state index contributed by atoms with van der Waals surface area (Å²) in [6.45, 7) is 7.43. The highest BCUT2D eigenvalue weighted by atomic mass is 16.3. The Morgan fingerprint density at radius 1 is 1.34 bits per heavy atom. The number of carbonyl (C=O) groups is 2. The molecule has 0 aromatic carbocycles. The number of carbonyl (C=O) groups excluding carboxylic acids is 2. The molecule has 0 aliphatic heterocycles. The first kappa shape index (κ1) is 21.0. The van der Waals surface area contributed by atoms with Gasteiger partial charge in [0.15, 0.2) is 5.78 Å². The van der Waals surface area contributed by atoms with Gasteiger partial charge in [-0.2, -0.15) is 0 Å². The standard InChI is InChI=1S/C25H37NO3/c1-5-20(28)22-15(9-11-26-4)12-19-18-7-6-16-13-17(27)8-10-24(16,2)23(18)21(29)14-25(19,22)3/h8,10,13,15,18-19,21-23,26,29H,5-7,9,11-12,14H2,1-4H3. The van der Waals surface area contributed by atoms with Gasteiger partial charge in [-0.3, -0.25) is 9.59 Å². The van der Waals surface area contributed by atoms with Gasteiger partial charge in [-0.25, -0.2) is 0 Å². The van der Waals surface area contributed by atoms with Crippen molar-refractivity contribution in [1.82, 2.24) is 5.32 Å². The summed E-state index contributed by atoms with van der Waals surface area (Å²) < 4.78 is 0. The second-order valence-electron chi connectivity index (χ2n) is 10.5. The van der Waals surface area contributed by atoms with Gasteiger partial charge in [0.2, 0.25) is 0 Å². The summed E-state index contributed by atoms with van der Waals surface area (Å²) >= 11 is 0. The topological polar surface area (TPSA) is 66.4 Å². The van der Waals surface area contributed by atoms with Crippen molar-refractivity contribution in [2.45, 2.75) is 65.4 Å². The van der Waals surface area contributed by atoms with Crippen LogP contribution in [0.4, 0.5) is 0 Å². The molecule has 3 fully saturated rings. The molecule has 0 amide bonds. The lowest BCUT2D eigenvalue weighted by atomic mass is 9.46. The minimum atomic E-state index is -0.428. The molecule has 4 aliphatic rings. The van der Waals surface area contributed by atoms with Crippen LogP contribution in [0.15, 0.2) is 23.8 Å². The Morgan fingerprint density at radius 3 is 2.79 bits per heavy atom. The lowest BCUT2D eigenvalue weighted by Gasteiger charge is -2.58. The number of fused-ring (bicyclic) bond motifs is 5. The smallest absolute Gasteiger partial charge is 0.178 e. The van der Waals surface area contributed by atoms with Gasteiger partial charge in [0.05, 0.1) is 6.10 Å². The van der Waals surface area contributed by atoms with Crippen LogP contribution in [0.3, 0.4) is 0 Å². The van der Waals surface area contributed by atoms with Crippen LogP contribution in [0.25, 0.3) is 0 Å². The molecule has 2 N–H and O–H groups in total. The molecule has 0 aromatic rings. The molecule has 4 rings (SSSR count). The van der Waals surface area contributed by atoms with E-state index in [0.717, 1.165) is 32.2 Å². The Hall–Kier alpha value is -1.26. The number of aliphatic hydroxyl groups is 1. The molecule has 4 nitrogen and oxygen atoms in total. The molecule has 160 valence electrons. The van der Waals surface area contributed by atoms with Crippen molar-refractivity contribution in [2.75, 3.05) is 13.6 Å². The zero-order chi connectivity index (χ0) is 21.0. The number of ketones is 2. The molecule has 0 bridgehead atoms. The number of hydrogen-bond donors (Lipinski definition) is 2. The summed E-state index contributed by atoms with van der Waals surface area (Å²) in [5, 5.41) is 14.7. The first-order valence-electron chi connectivity index (χ1n) is 11.6. The number of allylic oxidation sites excluding steroid dienone is 4. The molecule has 0 heterocycles. The van der Waals surface area contributed by atoms with Gasteiger partial charge in [0, 0.05) is 23.7 Å². The fourth-order valence-corrected chi connectivity index (χ4v) is 7.97. The zero-order valence-electron chi connectivity index (χ0n) is 18.4. The Bertz CT molecular complexity index is 755. The van der Waals surface area contributed by atoms with Crippen molar-refractivity contribution >= 4 is 11.6 Å². The molecule has 0 spiro atoms. The van der Waals surface area contributed by atoms with E-state index in [0.29, 0.717) is 36.4 Å². The third-order valence-electron chi connectivity index (χ3n) is 9.13. The SMILES string of the molecule is CCC(=O)C1C(CCNC)CC2C3CCC4=CC(=O)C=CC4(C)C3C(O)CC21C. The van der Waals surface area contributed by atoms with Crippen LogP contribution >= 0.6 is 0 Å². The van der Waals surface area contributed by atoms with Crippen molar-refractivity contribution in [2.24, 2.45) is 40.4 Å². The number of Topliss-reactive ketones (excluding diaryl/α,β-unsaturated/α-hetero) is 1. The Kier molecular flexibility index (Phi) is 5.40. The number of nitrogens with one attached hydrogen (secondary N) is 1. The van der Waals surface area contributed by atoms with Gasteiger partial charge in [-0.05, 0) is 81.0 Å². The molecule has 29 heavy (non-hydrogen) atoms. The average molecular weight is 400 g/mol. The van der Waals surface area contributed by atoms with Crippen molar-refractivity contribution in [3.63, 3.8) is 0 Å². The molecular weight excluding hydrogens is 362 g/mol. The second-order valence-corrected chi connectivity index (χ2v) is 10.5. The van der Waals surface area contributed by atoms with E-state index in [4.69, 9.17) is 0 Å². The van der Waals surface area contributed by atoms with E-state index in [1.54, 1.807) is 6.08 Å². The Morgan fingerprint density at radius 2 is 2.10 bits per heavy atom. The molecule has 8 unspecified atom stereocenters. The summed E-state index contributed by atoms with van der Waals surface area (Å²) in [5.74, 6) is 1.96. The second kappa shape index (κ2) is 7.46. The third kappa shape index (κ3) is 3.09. The van der Waals surface area contributed by atoms with E-state index in [1.165, 1.54) is 5.57 Å². The summed E-state index contributed by atoms with van der Waals surface area (Å²) in [6, 6.07) is 0. The van der Waals surface area contributed by atoms with E-state index in [-0.39, 0.29) is 28.4 Å². The molecule has 4 aliphatic carbocycles. The zero-order valence-corrected chi connectivity index (χ0v) is 18.4. The maximum Gasteiger partial charge on any atom is 0.178 e. The lowest BCUT2D eigenvalue weighted by molar-refractivity contribution is -0.140. The monoisotopic (exact) mass is 399 g/mol. The fraction of sp³-hybridized carbons (Fsp3) is 0.760. The Balaban J connectivity index is 1.71. The minimum Gasteiger partial charge on any atom is -0.393 e. The summed E-state index contributed by atoms with van der Waals surface area (Å²) in [7, 11) is 1.98. The highest BCUT2D eigenvalue weighted by Gasteiger charge is 2.64. The van der Waals surface area contributed by atoms with Crippen molar-refractivity contribution in [3.05, 3.63) is 23.8 Å². The van der Waals surface area contributed by atoms with E-state index in [1.807, 2.05) is 20.0 Å². The van der Waals surface area contributed by atoms with Crippen LogP contribution in [0, 0.1) is 40.4 Å². The molecule has 0 saturated heterocycles. The largest absolute Gasteiger partial charge is 0.393 e. The van der Waals surface area contributed by atoms with Crippen LogP contribution in [-0.2, 0) is 9.59 Å². The normalized spacial score (nSPS) is 46.0. The maximum absolute atomic E-state index is 13.1. The van der Waals surface area contributed by atoms with Gasteiger partial charge in [-0.1, -0.05) is 32.4 Å². The molecule has 4 heteroatoms. The third-order valence-corrected chi connectivity index (χ3v) is 9.13. The fourth-order valence-electron chi connectivity index (χ4n) is 7.97. The van der Waals surface area contributed by atoms with Gasteiger partial charge in [0.25, 0.3) is 0 Å². The summed E-state index contributed by atoms with van der Waals surface area (Å²) in [4.78, 5) is 25.0. The first-order chi connectivity index (χ1) is 13.8. The van der Waals surface area contributed by atoms with Crippen molar-refractivity contribution < 1.29 is 14.7 Å². The number of hydrogen-bond acceptors (Lipinski definition) is 4. The number of rotatable bonds is 5. The molecule has 3 saturated carbocycles. The lowest BCUT2D eigenvalue weighted by Crippen LogP contribution is -2.56. The van der Waals surface area contributed by atoms with Gasteiger partial charge in [-0.15, -0.1) is 0 Å². The Labute approximate surface area is 175 Å². The van der Waals surface area contributed by atoms with E-state index < -0.39 is 6.10 Å². The van der Waals surface area contributed by atoms with Crippen LogP contribution in [0.5, 0.6) is 0 Å². The van der Waals surface area contributed by atoms with Crippen LogP contribution in [0.1, 0.15) is 59.3 Å². The van der Waals surface area contributed by atoms with Crippen LogP contribution in [-0.4, -0.2) is 36.4 Å².